The molecule has 3 heterocycles. The zero-order valence-electron chi connectivity index (χ0n) is 18.7. The van der Waals surface area contributed by atoms with Crippen molar-refractivity contribution in [1.29, 1.82) is 0 Å². The Balaban J connectivity index is 1.62. The van der Waals surface area contributed by atoms with E-state index in [-0.39, 0.29) is 0 Å². The Bertz CT molecular complexity index is 1480. The molecule has 0 fully saturated rings. The maximum absolute atomic E-state index is 6.19. The molecular formula is C29H24ClN3S. The van der Waals surface area contributed by atoms with Gasteiger partial charge in [0.15, 0.2) is 0 Å². The quantitative estimate of drug-likeness (QED) is 0.264. The summed E-state index contributed by atoms with van der Waals surface area (Å²) in [7, 11) is 0. The van der Waals surface area contributed by atoms with Crippen LogP contribution >= 0.6 is 23.8 Å². The molecule has 0 aliphatic carbocycles. The molecule has 5 heteroatoms. The summed E-state index contributed by atoms with van der Waals surface area (Å²) in [6, 6.07) is 28.9. The van der Waals surface area contributed by atoms with E-state index in [1.807, 2.05) is 42.5 Å². The van der Waals surface area contributed by atoms with Crippen LogP contribution in [-0.2, 0) is 13.0 Å². The molecule has 2 aromatic heterocycles. The zero-order chi connectivity index (χ0) is 23.1. The van der Waals surface area contributed by atoms with Crippen molar-refractivity contribution in [3.05, 3.63) is 107 Å². The summed E-state index contributed by atoms with van der Waals surface area (Å²) >= 11 is 12.2. The Morgan fingerprint density at radius 3 is 2.26 bits per heavy atom. The maximum Gasteiger partial charge on any atom is 0.128 e. The van der Waals surface area contributed by atoms with Crippen LogP contribution in [0.1, 0.15) is 24.1 Å². The van der Waals surface area contributed by atoms with Gasteiger partial charge < -0.3 is 9.88 Å². The SMILES string of the molecule is S=C(Nc1ccccc1)c1c(-c2ccccc2)c2c3n(c(-c4ccc(Cl)cc4)cn13)CCCC2. The number of imidazole rings is 1. The van der Waals surface area contributed by atoms with Gasteiger partial charge in [0, 0.05) is 34.6 Å². The molecule has 5 aromatic rings. The van der Waals surface area contributed by atoms with E-state index >= 15 is 0 Å². The lowest BCUT2D eigenvalue weighted by Gasteiger charge is -2.12. The molecule has 1 aliphatic heterocycles. The monoisotopic (exact) mass is 481 g/mol. The second-order valence-electron chi connectivity index (χ2n) is 8.71. The van der Waals surface area contributed by atoms with Crippen molar-refractivity contribution in [2.45, 2.75) is 25.8 Å². The molecule has 0 saturated heterocycles. The van der Waals surface area contributed by atoms with Gasteiger partial charge in [0.25, 0.3) is 0 Å². The van der Waals surface area contributed by atoms with E-state index in [1.54, 1.807) is 0 Å². The average Bonchev–Trinajstić information content (AvgIpc) is 3.28. The number of para-hydroxylation sites is 1. The van der Waals surface area contributed by atoms with E-state index in [1.165, 1.54) is 28.0 Å². The summed E-state index contributed by atoms with van der Waals surface area (Å²) < 4.78 is 4.78. The molecule has 0 amide bonds. The fraction of sp³-hybridized carbons (Fsp3) is 0.138. The molecule has 0 saturated carbocycles. The van der Waals surface area contributed by atoms with Crippen molar-refractivity contribution < 1.29 is 0 Å². The topological polar surface area (TPSA) is 21.4 Å². The molecule has 34 heavy (non-hydrogen) atoms. The summed E-state index contributed by atoms with van der Waals surface area (Å²) in [5.74, 6) is 0. The predicted octanol–water partition coefficient (Wildman–Crippen LogP) is 7.85. The van der Waals surface area contributed by atoms with Gasteiger partial charge in [-0.2, -0.15) is 0 Å². The van der Waals surface area contributed by atoms with E-state index in [0.29, 0.717) is 0 Å². The van der Waals surface area contributed by atoms with Crippen molar-refractivity contribution in [3.8, 4) is 22.4 Å². The molecule has 3 aromatic carbocycles. The third-order valence-corrected chi connectivity index (χ3v) is 7.13. The number of benzene rings is 3. The van der Waals surface area contributed by atoms with Gasteiger partial charge in [0.1, 0.15) is 10.6 Å². The minimum atomic E-state index is 0.728. The minimum absolute atomic E-state index is 0.728. The van der Waals surface area contributed by atoms with E-state index in [2.05, 4.69) is 62.9 Å². The first-order valence-corrected chi connectivity index (χ1v) is 12.4. The van der Waals surface area contributed by atoms with Crippen LogP contribution in [-0.4, -0.2) is 14.0 Å². The Morgan fingerprint density at radius 2 is 1.53 bits per heavy atom. The maximum atomic E-state index is 6.19. The van der Waals surface area contributed by atoms with Gasteiger partial charge >= 0.3 is 0 Å². The van der Waals surface area contributed by atoms with Crippen LogP contribution in [0.5, 0.6) is 0 Å². The van der Waals surface area contributed by atoms with Crippen LogP contribution in [0.15, 0.2) is 91.1 Å². The van der Waals surface area contributed by atoms with Crippen molar-refractivity contribution in [2.24, 2.45) is 0 Å². The van der Waals surface area contributed by atoms with Crippen LogP contribution in [0, 0.1) is 0 Å². The lowest BCUT2D eigenvalue weighted by molar-refractivity contribution is 0.647. The first-order valence-electron chi connectivity index (χ1n) is 11.6. The van der Waals surface area contributed by atoms with Crippen LogP contribution in [0.2, 0.25) is 5.02 Å². The zero-order valence-corrected chi connectivity index (χ0v) is 20.2. The number of thiocarbonyl (C=S) groups is 1. The third kappa shape index (κ3) is 3.64. The Morgan fingerprint density at radius 1 is 0.824 bits per heavy atom. The van der Waals surface area contributed by atoms with Gasteiger partial charge in [-0.3, -0.25) is 4.40 Å². The molecule has 0 atom stereocenters. The largest absolute Gasteiger partial charge is 0.345 e. The number of aromatic nitrogens is 2. The molecule has 0 bridgehead atoms. The van der Waals surface area contributed by atoms with Crippen molar-refractivity contribution in [3.63, 3.8) is 0 Å². The second kappa shape index (κ2) is 8.79. The minimum Gasteiger partial charge on any atom is -0.345 e. The summed E-state index contributed by atoms with van der Waals surface area (Å²) in [5.41, 5.74) is 9.45. The van der Waals surface area contributed by atoms with Gasteiger partial charge in [-0.15, -0.1) is 0 Å². The van der Waals surface area contributed by atoms with Gasteiger partial charge in [0.05, 0.1) is 11.4 Å². The molecule has 0 unspecified atom stereocenters. The molecule has 6 rings (SSSR count). The molecule has 3 nitrogen and oxygen atoms in total. The standard InChI is InChI=1S/C29H24ClN3S/c30-22-16-14-20(15-17-22)25-19-33-27(28(34)31-23-11-5-2-6-12-23)26(21-9-3-1-4-10-21)24-13-7-8-18-32(25)29(24)33/h1-6,9-12,14-17,19H,7-8,13,18H2,(H,31,34). The summed E-state index contributed by atoms with van der Waals surface area (Å²) in [5, 5.41) is 4.24. The second-order valence-corrected chi connectivity index (χ2v) is 9.56. The smallest absolute Gasteiger partial charge is 0.128 e. The highest BCUT2D eigenvalue weighted by Gasteiger charge is 2.28. The number of halogens is 1. The number of rotatable bonds is 4. The first kappa shape index (κ1) is 21.2. The number of hydrogen-bond acceptors (Lipinski definition) is 1. The lowest BCUT2D eigenvalue weighted by Crippen LogP contribution is -2.14. The van der Waals surface area contributed by atoms with E-state index in [0.717, 1.165) is 52.8 Å². The number of nitrogens with one attached hydrogen (secondary N) is 1. The summed E-state index contributed by atoms with van der Waals surface area (Å²) in [4.78, 5) is 0.728. The number of hydrogen-bond donors (Lipinski definition) is 1. The van der Waals surface area contributed by atoms with Crippen LogP contribution in [0.3, 0.4) is 0 Å². The Labute approximate surface area is 209 Å². The summed E-state index contributed by atoms with van der Waals surface area (Å²) in [6.07, 6.45) is 5.58. The van der Waals surface area contributed by atoms with Crippen molar-refractivity contribution in [2.75, 3.05) is 5.32 Å². The van der Waals surface area contributed by atoms with Crippen LogP contribution in [0.25, 0.3) is 28.0 Å². The normalized spacial score (nSPS) is 13.1. The van der Waals surface area contributed by atoms with E-state index in [4.69, 9.17) is 23.8 Å². The number of nitrogens with zero attached hydrogens (tertiary/aromatic N) is 2. The van der Waals surface area contributed by atoms with E-state index < -0.39 is 0 Å². The highest BCUT2D eigenvalue weighted by Crippen LogP contribution is 2.40. The van der Waals surface area contributed by atoms with Crippen molar-refractivity contribution >= 4 is 40.1 Å². The third-order valence-electron chi connectivity index (χ3n) is 6.58. The Hall–Kier alpha value is -3.34. The predicted molar refractivity (Wildman–Crippen MR) is 146 cm³/mol. The molecule has 168 valence electrons. The highest BCUT2D eigenvalue weighted by atomic mass is 35.5. The van der Waals surface area contributed by atoms with Gasteiger partial charge in [-0.05, 0) is 54.7 Å². The van der Waals surface area contributed by atoms with Crippen LogP contribution in [0.4, 0.5) is 5.69 Å². The van der Waals surface area contributed by atoms with Crippen molar-refractivity contribution in [1.82, 2.24) is 8.97 Å². The van der Waals surface area contributed by atoms with Crippen LogP contribution < -0.4 is 5.32 Å². The number of anilines is 1. The number of aryl methyl sites for hydroxylation is 2. The van der Waals surface area contributed by atoms with E-state index in [9.17, 15) is 0 Å². The first-order chi connectivity index (χ1) is 16.7. The lowest BCUT2D eigenvalue weighted by atomic mass is 9.98. The van der Waals surface area contributed by atoms with Gasteiger partial charge in [-0.25, -0.2) is 0 Å². The Kier molecular flexibility index (Phi) is 5.48. The molecule has 1 aliphatic rings. The molecule has 1 N–H and O–H groups in total. The summed E-state index contributed by atoms with van der Waals surface area (Å²) in [6.45, 7) is 0.984. The van der Waals surface area contributed by atoms with Gasteiger partial charge in [-0.1, -0.05) is 84.5 Å². The average molecular weight is 482 g/mol. The fourth-order valence-corrected chi connectivity index (χ4v) is 5.53. The molecule has 0 radical (unpaired) electrons. The fourth-order valence-electron chi connectivity index (χ4n) is 5.09. The molecular weight excluding hydrogens is 458 g/mol. The molecule has 0 spiro atoms. The highest BCUT2D eigenvalue weighted by molar-refractivity contribution is 7.81. The van der Waals surface area contributed by atoms with Gasteiger partial charge in [0.2, 0.25) is 0 Å².